The van der Waals surface area contributed by atoms with Crippen LogP contribution in [0.4, 0.5) is 0 Å². The zero-order valence-electron chi connectivity index (χ0n) is 7.93. The van der Waals surface area contributed by atoms with Crippen molar-refractivity contribution in [3.8, 4) is 11.8 Å². The second kappa shape index (κ2) is 5.42. The molecule has 0 aromatic rings. The minimum Gasteiger partial charge on any atom is -0.457 e. The van der Waals surface area contributed by atoms with Crippen LogP contribution in [0.15, 0.2) is 11.6 Å². The van der Waals surface area contributed by atoms with Gasteiger partial charge in [0.2, 0.25) is 0 Å². The van der Waals surface area contributed by atoms with Gasteiger partial charge in [-0.05, 0) is 6.42 Å². The minimum absolute atomic E-state index is 0.266. The van der Waals surface area contributed by atoms with E-state index in [4.69, 9.17) is 4.74 Å². The van der Waals surface area contributed by atoms with Crippen LogP contribution < -0.4 is 0 Å². The van der Waals surface area contributed by atoms with Gasteiger partial charge >= 0.3 is 5.97 Å². The quantitative estimate of drug-likeness (QED) is 0.375. The molecule has 0 saturated heterocycles. The third-order valence-corrected chi connectivity index (χ3v) is 1.82. The lowest BCUT2D eigenvalue weighted by Crippen LogP contribution is -1.90. The van der Waals surface area contributed by atoms with E-state index in [0.717, 1.165) is 18.4 Å². The van der Waals surface area contributed by atoms with Gasteiger partial charge in [-0.1, -0.05) is 31.6 Å². The van der Waals surface area contributed by atoms with E-state index in [0.29, 0.717) is 6.61 Å². The van der Waals surface area contributed by atoms with Crippen LogP contribution in [0.25, 0.3) is 0 Å². The lowest BCUT2D eigenvalue weighted by atomic mass is 10.2. The Labute approximate surface area is 79.0 Å². The Bertz CT molecular complexity index is 266. The van der Waals surface area contributed by atoms with Crippen LogP contribution >= 0.6 is 0 Å². The summed E-state index contributed by atoms with van der Waals surface area (Å²) in [6.45, 7) is 2.53. The second-order valence-corrected chi connectivity index (χ2v) is 3.04. The third kappa shape index (κ3) is 3.80. The minimum atomic E-state index is -0.266. The summed E-state index contributed by atoms with van der Waals surface area (Å²) < 4.78 is 4.71. The maximum absolute atomic E-state index is 10.6. The highest BCUT2D eigenvalue weighted by molar-refractivity contribution is 5.86. The van der Waals surface area contributed by atoms with Crippen molar-refractivity contribution in [3.63, 3.8) is 0 Å². The Morgan fingerprint density at radius 3 is 3.00 bits per heavy atom. The standard InChI is InChI=1S/C11H14O2/c1-2-3-4-5-6-7-10-8-11(12)13-9-10/h8H,2-5,9H2,1H3. The van der Waals surface area contributed by atoms with Crippen LogP contribution in [0.2, 0.25) is 0 Å². The fraction of sp³-hybridized carbons (Fsp3) is 0.545. The average Bonchev–Trinajstić information content (AvgIpc) is 2.51. The van der Waals surface area contributed by atoms with Crippen molar-refractivity contribution in [3.05, 3.63) is 11.6 Å². The molecule has 0 spiro atoms. The number of carbonyl (C=O) groups excluding carboxylic acids is 1. The van der Waals surface area contributed by atoms with E-state index in [1.54, 1.807) is 0 Å². The topological polar surface area (TPSA) is 26.3 Å². The highest BCUT2D eigenvalue weighted by atomic mass is 16.5. The fourth-order valence-corrected chi connectivity index (χ4v) is 1.09. The molecule has 0 bridgehead atoms. The SMILES string of the molecule is CCCCCC#CC1=CC(=O)OC1. The normalized spacial score (nSPS) is 14.5. The predicted octanol–water partition coefficient (Wildman–Crippen LogP) is 2.05. The Kier molecular flexibility index (Phi) is 4.11. The molecule has 1 rings (SSSR count). The Hall–Kier alpha value is -1.23. The summed E-state index contributed by atoms with van der Waals surface area (Å²) in [4.78, 5) is 10.6. The van der Waals surface area contributed by atoms with Crippen molar-refractivity contribution in [1.29, 1.82) is 0 Å². The molecule has 0 fully saturated rings. The average molecular weight is 178 g/mol. The summed E-state index contributed by atoms with van der Waals surface area (Å²) in [5, 5.41) is 0. The van der Waals surface area contributed by atoms with Gasteiger partial charge in [-0.3, -0.25) is 0 Å². The van der Waals surface area contributed by atoms with Crippen LogP contribution in [-0.4, -0.2) is 12.6 Å². The molecule has 0 saturated carbocycles. The van der Waals surface area contributed by atoms with Crippen molar-refractivity contribution in [1.82, 2.24) is 0 Å². The van der Waals surface area contributed by atoms with Crippen LogP contribution in [0.1, 0.15) is 32.6 Å². The van der Waals surface area contributed by atoms with E-state index >= 15 is 0 Å². The van der Waals surface area contributed by atoms with E-state index in [2.05, 4.69) is 18.8 Å². The molecule has 0 aliphatic carbocycles. The van der Waals surface area contributed by atoms with E-state index in [-0.39, 0.29) is 5.97 Å². The number of ether oxygens (including phenoxy) is 1. The fourth-order valence-electron chi connectivity index (χ4n) is 1.09. The maximum Gasteiger partial charge on any atom is 0.332 e. The number of cyclic esters (lactones) is 1. The van der Waals surface area contributed by atoms with Gasteiger partial charge < -0.3 is 4.74 Å². The van der Waals surface area contributed by atoms with Gasteiger partial charge in [0, 0.05) is 18.1 Å². The molecular formula is C11H14O2. The number of rotatable bonds is 3. The zero-order chi connectivity index (χ0) is 9.52. The first kappa shape index (κ1) is 9.85. The molecule has 2 heteroatoms. The first-order valence-corrected chi connectivity index (χ1v) is 4.69. The molecule has 0 N–H and O–H groups in total. The second-order valence-electron chi connectivity index (χ2n) is 3.04. The lowest BCUT2D eigenvalue weighted by Gasteiger charge is -1.89. The maximum atomic E-state index is 10.6. The largest absolute Gasteiger partial charge is 0.457 e. The van der Waals surface area contributed by atoms with Gasteiger partial charge in [0.1, 0.15) is 6.61 Å². The molecule has 1 aliphatic heterocycles. The van der Waals surface area contributed by atoms with Crippen LogP contribution in [0.3, 0.4) is 0 Å². The van der Waals surface area contributed by atoms with Gasteiger partial charge in [-0.15, -0.1) is 0 Å². The van der Waals surface area contributed by atoms with Gasteiger partial charge in [0.05, 0.1) is 0 Å². The summed E-state index contributed by atoms with van der Waals surface area (Å²) in [6.07, 6.45) is 5.97. The molecule has 0 aromatic heterocycles. The molecule has 1 heterocycles. The predicted molar refractivity (Wildman–Crippen MR) is 51.0 cm³/mol. The molecule has 0 amide bonds. The van der Waals surface area contributed by atoms with Crippen molar-refractivity contribution in [2.45, 2.75) is 32.6 Å². The first-order chi connectivity index (χ1) is 6.33. The Morgan fingerprint density at radius 1 is 1.54 bits per heavy atom. The van der Waals surface area contributed by atoms with E-state index in [1.165, 1.54) is 18.9 Å². The molecule has 70 valence electrons. The summed E-state index contributed by atoms with van der Waals surface area (Å²) in [7, 11) is 0. The molecule has 2 nitrogen and oxygen atoms in total. The van der Waals surface area contributed by atoms with Crippen molar-refractivity contribution < 1.29 is 9.53 Å². The van der Waals surface area contributed by atoms with E-state index in [1.807, 2.05) is 0 Å². The highest BCUT2D eigenvalue weighted by Crippen LogP contribution is 2.04. The molecule has 1 aliphatic rings. The zero-order valence-corrected chi connectivity index (χ0v) is 7.93. The number of esters is 1. The Morgan fingerprint density at radius 2 is 2.38 bits per heavy atom. The number of carbonyl (C=O) groups is 1. The monoisotopic (exact) mass is 178 g/mol. The summed E-state index contributed by atoms with van der Waals surface area (Å²) >= 11 is 0. The highest BCUT2D eigenvalue weighted by Gasteiger charge is 2.09. The van der Waals surface area contributed by atoms with Crippen molar-refractivity contribution in [2.75, 3.05) is 6.61 Å². The molecule has 0 radical (unpaired) electrons. The van der Waals surface area contributed by atoms with E-state index in [9.17, 15) is 4.79 Å². The van der Waals surface area contributed by atoms with E-state index < -0.39 is 0 Å². The van der Waals surface area contributed by atoms with Gasteiger partial charge in [-0.25, -0.2) is 4.79 Å². The number of hydrogen-bond acceptors (Lipinski definition) is 2. The number of hydrogen-bond donors (Lipinski definition) is 0. The van der Waals surface area contributed by atoms with Crippen molar-refractivity contribution in [2.24, 2.45) is 0 Å². The number of unbranched alkanes of at least 4 members (excludes halogenated alkanes) is 3. The molecular weight excluding hydrogens is 164 g/mol. The van der Waals surface area contributed by atoms with Crippen LogP contribution in [-0.2, 0) is 9.53 Å². The van der Waals surface area contributed by atoms with Crippen molar-refractivity contribution >= 4 is 5.97 Å². The van der Waals surface area contributed by atoms with Gasteiger partial charge in [0.15, 0.2) is 0 Å². The van der Waals surface area contributed by atoms with Gasteiger partial charge in [0.25, 0.3) is 0 Å². The summed E-state index contributed by atoms with van der Waals surface area (Å²) in [5.41, 5.74) is 0.807. The van der Waals surface area contributed by atoms with Crippen LogP contribution in [0, 0.1) is 11.8 Å². The molecule has 0 aromatic carbocycles. The smallest absolute Gasteiger partial charge is 0.332 e. The van der Waals surface area contributed by atoms with Crippen LogP contribution in [0.5, 0.6) is 0 Å². The third-order valence-electron chi connectivity index (χ3n) is 1.82. The molecule has 0 unspecified atom stereocenters. The summed E-state index contributed by atoms with van der Waals surface area (Å²) in [5.74, 6) is 5.70. The first-order valence-electron chi connectivity index (χ1n) is 4.69. The van der Waals surface area contributed by atoms with Gasteiger partial charge in [-0.2, -0.15) is 0 Å². The Balaban J connectivity index is 2.23. The summed E-state index contributed by atoms with van der Waals surface area (Å²) in [6, 6.07) is 0. The lowest BCUT2D eigenvalue weighted by molar-refractivity contribution is -0.134. The molecule has 0 atom stereocenters. The molecule has 13 heavy (non-hydrogen) atoms.